The minimum Gasteiger partial charge on any atom is -0.486 e. The van der Waals surface area contributed by atoms with Gasteiger partial charge in [0, 0.05) is 41.5 Å². The number of carbonyl (C=O) groups excluding carboxylic acids is 1. The first kappa shape index (κ1) is 20.4. The highest BCUT2D eigenvalue weighted by atomic mass is 32.2. The molecule has 0 atom stereocenters. The van der Waals surface area contributed by atoms with Crippen LogP contribution in [-0.2, 0) is 11.3 Å². The monoisotopic (exact) mass is 446 g/mol. The van der Waals surface area contributed by atoms with Crippen molar-refractivity contribution in [1.82, 2.24) is 4.57 Å². The standard InChI is InChI=1S/C21H22N2O3S3/c1-27-12-8-23-16-13-17-18(26-10-9-25-17)14-19(16)29-21(23)22-20(24)7-11-28-15-5-3-2-4-6-15/h2-6,13-14H,7-12H2,1H3. The number of nitrogens with zero attached hydrogens (tertiary/aromatic N) is 2. The number of aromatic nitrogens is 1. The van der Waals surface area contributed by atoms with Gasteiger partial charge < -0.3 is 14.0 Å². The summed E-state index contributed by atoms with van der Waals surface area (Å²) in [6.45, 7) is 1.92. The summed E-state index contributed by atoms with van der Waals surface area (Å²) in [6, 6.07) is 14.1. The smallest absolute Gasteiger partial charge is 0.249 e. The summed E-state index contributed by atoms with van der Waals surface area (Å²) in [6.07, 6.45) is 2.50. The van der Waals surface area contributed by atoms with Gasteiger partial charge in [-0.25, -0.2) is 0 Å². The van der Waals surface area contributed by atoms with Gasteiger partial charge in [0.05, 0.1) is 10.2 Å². The quantitative estimate of drug-likeness (QED) is 0.502. The van der Waals surface area contributed by atoms with Crippen molar-refractivity contribution in [2.75, 3.05) is 31.0 Å². The van der Waals surface area contributed by atoms with Gasteiger partial charge in [-0.3, -0.25) is 4.79 Å². The zero-order valence-electron chi connectivity index (χ0n) is 16.1. The van der Waals surface area contributed by atoms with E-state index in [1.165, 1.54) is 16.2 Å². The van der Waals surface area contributed by atoms with Crippen molar-refractivity contribution in [3.8, 4) is 11.5 Å². The van der Waals surface area contributed by atoms with Crippen LogP contribution in [0.2, 0.25) is 0 Å². The third-order valence-electron chi connectivity index (χ3n) is 4.41. The van der Waals surface area contributed by atoms with Crippen molar-refractivity contribution < 1.29 is 14.3 Å². The van der Waals surface area contributed by atoms with Crippen molar-refractivity contribution in [2.45, 2.75) is 17.9 Å². The van der Waals surface area contributed by atoms with Gasteiger partial charge >= 0.3 is 0 Å². The van der Waals surface area contributed by atoms with Gasteiger partial charge in [0.1, 0.15) is 13.2 Å². The van der Waals surface area contributed by atoms with E-state index in [9.17, 15) is 4.79 Å². The van der Waals surface area contributed by atoms with E-state index in [0.29, 0.717) is 19.6 Å². The molecule has 1 aliphatic rings. The Labute approximate surface area is 182 Å². The summed E-state index contributed by atoms with van der Waals surface area (Å²) in [5, 5.41) is 0. The summed E-state index contributed by atoms with van der Waals surface area (Å²) < 4.78 is 14.6. The van der Waals surface area contributed by atoms with E-state index >= 15 is 0 Å². The van der Waals surface area contributed by atoms with Gasteiger partial charge in [0.15, 0.2) is 16.3 Å². The summed E-state index contributed by atoms with van der Waals surface area (Å²) in [7, 11) is 0. The molecule has 5 nitrogen and oxygen atoms in total. The molecule has 0 spiro atoms. The molecule has 4 rings (SSSR count). The summed E-state index contributed by atoms with van der Waals surface area (Å²) >= 11 is 4.98. The molecule has 2 heterocycles. The van der Waals surface area contributed by atoms with Crippen molar-refractivity contribution >= 4 is 51.0 Å². The Morgan fingerprint density at radius 1 is 1.14 bits per heavy atom. The fraction of sp³-hybridized carbons (Fsp3) is 0.333. The van der Waals surface area contributed by atoms with E-state index in [2.05, 4.69) is 27.9 Å². The number of aryl methyl sites for hydroxylation is 1. The van der Waals surface area contributed by atoms with E-state index in [0.717, 1.165) is 44.6 Å². The number of rotatable bonds is 7. The van der Waals surface area contributed by atoms with Crippen molar-refractivity contribution in [3.05, 3.63) is 47.3 Å². The normalized spacial score (nSPS) is 13.8. The molecule has 0 N–H and O–H groups in total. The molecule has 0 saturated carbocycles. The third-order valence-corrected chi connectivity index (χ3v) is 7.06. The topological polar surface area (TPSA) is 52.8 Å². The zero-order chi connectivity index (χ0) is 20.1. The maximum Gasteiger partial charge on any atom is 0.249 e. The van der Waals surface area contributed by atoms with Gasteiger partial charge in [0.25, 0.3) is 0 Å². The van der Waals surface area contributed by atoms with Gasteiger partial charge in [-0.05, 0) is 18.4 Å². The van der Waals surface area contributed by atoms with E-state index in [1.54, 1.807) is 23.5 Å². The third kappa shape index (κ3) is 4.99. The number of hydrogen-bond donors (Lipinski definition) is 0. The Bertz CT molecular complexity index is 1060. The number of ether oxygens (including phenoxy) is 2. The lowest BCUT2D eigenvalue weighted by molar-refractivity contribution is -0.117. The first-order valence-electron chi connectivity index (χ1n) is 9.42. The first-order chi connectivity index (χ1) is 14.2. The van der Waals surface area contributed by atoms with Crippen LogP contribution in [0.3, 0.4) is 0 Å². The van der Waals surface area contributed by atoms with Crippen LogP contribution in [0.15, 0.2) is 52.4 Å². The van der Waals surface area contributed by atoms with E-state index in [1.807, 2.05) is 30.3 Å². The highest BCUT2D eigenvalue weighted by Crippen LogP contribution is 2.35. The van der Waals surface area contributed by atoms with E-state index in [4.69, 9.17) is 9.47 Å². The Morgan fingerprint density at radius 3 is 2.66 bits per heavy atom. The molecular formula is C21H22N2O3S3. The molecule has 0 unspecified atom stereocenters. The predicted octanol–water partition coefficient (Wildman–Crippen LogP) is 4.45. The van der Waals surface area contributed by atoms with Gasteiger partial charge in [0.2, 0.25) is 5.91 Å². The molecule has 152 valence electrons. The zero-order valence-corrected chi connectivity index (χ0v) is 18.6. The van der Waals surface area contributed by atoms with E-state index in [-0.39, 0.29) is 5.91 Å². The minimum absolute atomic E-state index is 0.0878. The molecular weight excluding hydrogens is 424 g/mol. The van der Waals surface area contributed by atoms with Gasteiger partial charge in [-0.1, -0.05) is 29.5 Å². The van der Waals surface area contributed by atoms with Crippen molar-refractivity contribution in [1.29, 1.82) is 0 Å². The first-order valence-corrected chi connectivity index (χ1v) is 12.6. The van der Waals surface area contributed by atoms with Crippen LogP contribution in [0.4, 0.5) is 0 Å². The SMILES string of the molecule is CSCCn1c(=NC(=O)CCSc2ccccc2)sc2cc3c(cc21)OCCO3. The number of hydrogen-bond acceptors (Lipinski definition) is 6. The second-order valence-electron chi connectivity index (χ2n) is 6.41. The molecule has 0 fully saturated rings. The molecule has 2 aromatic carbocycles. The molecule has 0 bridgehead atoms. The fourth-order valence-corrected chi connectivity index (χ4v) is 5.34. The Kier molecular flexibility index (Phi) is 6.84. The average molecular weight is 447 g/mol. The molecule has 0 saturated heterocycles. The predicted molar refractivity (Wildman–Crippen MR) is 122 cm³/mol. The second kappa shape index (κ2) is 9.73. The summed E-state index contributed by atoms with van der Waals surface area (Å²) in [4.78, 5) is 18.9. The van der Waals surface area contributed by atoms with Gasteiger partial charge in [-0.2, -0.15) is 16.8 Å². The lowest BCUT2D eigenvalue weighted by atomic mass is 10.2. The second-order valence-corrected chi connectivity index (χ2v) is 9.57. The maximum absolute atomic E-state index is 12.5. The number of carbonyl (C=O) groups is 1. The van der Waals surface area contributed by atoms with E-state index < -0.39 is 0 Å². The van der Waals surface area contributed by atoms with Gasteiger partial charge in [-0.15, -0.1) is 11.8 Å². The van der Waals surface area contributed by atoms with Crippen LogP contribution in [0.1, 0.15) is 6.42 Å². The molecule has 1 amide bonds. The number of thioether (sulfide) groups is 2. The lowest BCUT2D eigenvalue weighted by Gasteiger charge is -2.18. The minimum atomic E-state index is -0.0878. The molecule has 0 radical (unpaired) electrons. The van der Waals surface area contributed by atoms with Crippen LogP contribution < -0.4 is 14.3 Å². The Hall–Kier alpha value is -1.90. The molecule has 0 aliphatic carbocycles. The molecule has 1 aliphatic heterocycles. The molecule has 1 aromatic heterocycles. The fourth-order valence-electron chi connectivity index (χ4n) is 3.03. The number of fused-ring (bicyclic) bond motifs is 2. The maximum atomic E-state index is 12.5. The van der Waals surface area contributed by atoms with Crippen molar-refractivity contribution in [2.24, 2.45) is 4.99 Å². The Balaban J connectivity index is 1.58. The summed E-state index contributed by atoms with van der Waals surface area (Å²) in [5.41, 5.74) is 1.04. The number of amides is 1. The largest absolute Gasteiger partial charge is 0.486 e. The van der Waals surface area contributed by atoms with Crippen LogP contribution >= 0.6 is 34.9 Å². The number of thiazole rings is 1. The van der Waals surface area contributed by atoms with Crippen LogP contribution in [0, 0.1) is 0 Å². The Morgan fingerprint density at radius 2 is 1.90 bits per heavy atom. The lowest BCUT2D eigenvalue weighted by Crippen LogP contribution is -2.19. The van der Waals surface area contributed by atoms with Crippen LogP contribution in [0.25, 0.3) is 10.2 Å². The highest BCUT2D eigenvalue weighted by Gasteiger charge is 2.16. The van der Waals surface area contributed by atoms with Crippen LogP contribution in [-0.4, -0.2) is 41.4 Å². The molecule has 29 heavy (non-hydrogen) atoms. The average Bonchev–Trinajstić information content (AvgIpc) is 3.07. The molecule has 8 heteroatoms. The summed E-state index contributed by atoms with van der Waals surface area (Å²) in [5.74, 6) is 3.11. The molecule has 3 aromatic rings. The number of benzene rings is 2. The highest BCUT2D eigenvalue weighted by molar-refractivity contribution is 7.99. The van der Waals surface area contributed by atoms with Crippen molar-refractivity contribution in [3.63, 3.8) is 0 Å². The van der Waals surface area contributed by atoms with Crippen LogP contribution in [0.5, 0.6) is 11.5 Å².